The van der Waals surface area contributed by atoms with Crippen LogP contribution in [0.4, 0.5) is 5.82 Å². The minimum atomic E-state index is 0.543. The quantitative estimate of drug-likeness (QED) is 0.563. The summed E-state index contributed by atoms with van der Waals surface area (Å²) in [5.41, 5.74) is 1.76. The number of nitrogens with one attached hydrogen (secondary N) is 1. The lowest BCUT2D eigenvalue weighted by Gasteiger charge is -2.06. The summed E-state index contributed by atoms with van der Waals surface area (Å²) in [6.45, 7) is 2.60. The molecule has 0 radical (unpaired) electrons. The van der Waals surface area contributed by atoms with Gasteiger partial charge in [-0.25, -0.2) is 14.6 Å². The van der Waals surface area contributed by atoms with Gasteiger partial charge in [0.1, 0.15) is 27.9 Å². The van der Waals surface area contributed by atoms with Gasteiger partial charge in [-0.2, -0.15) is 0 Å². The van der Waals surface area contributed by atoms with Gasteiger partial charge in [-0.3, -0.25) is 0 Å². The van der Waals surface area contributed by atoms with Crippen LogP contribution in [0.15, 0.2) is 41.9 Å². The number of fused-ring (bicyclic) bond motifs is 1. The van der Waals surface area contributed by atoms with E-state index in [2.05, 4.69) is 32.5 Å². The maximum absolute atomic E-state index is 5.18. The largest absolute Gasteiger partial charge is 0.497 e. The van der Waals surface area contributed by atoms with Crippen molar-refractivity contribution in [1.82, 2.24) is 25.0 Å². The summed E-state index contributed by atoms with van der Waals surface area (Å²) in [7, 11) is 1.65. The van der Waals surface area contributed by atoms with Crippen LogP contribution >= 0.6 is 11.3 Å². The average Bonchev–Trinajstić information content (AvgIpc) is 3.35. The number of methoxy groups -OCH3 is 1. The Kier molecular flexibility index (Phi) is 4.49. The van der Waals surface area contributed by atoms with Gasteiger partial charge < -0.3 is 10.1 Å². The Hall–Kier alpha value is -3.00. The van der Waals surface area contributed by atoms with Crippen LogP contribution in [-0.2, 0) is 13.0 Å². The fourth-order valence-corrected chi connectivity index (χ4v) is 3.39. The van der Waals surface area contributed by atoms with Crippen molar-refractivity contribution >= 4 is 27.4 Å². The first kappa shape index (κ1) is 16.5. The first-order valence-corrected chi connectivity index (χ1v) is 9.18. The predicted molar refractivity (Wildman–Crippen MR) is 102 cm³/mol. The van der Waals surface area contributed by atoms with Crippen molar-refractivity contribution in [3.8, 4) is 11.4 Å². The van der Waals surface area contributed by atoms with Gasteiger partial charge in [0, 0.05) is 6.42 Å². The third-order valence-corrected chi connectivity index (χ3v) is 4.81. The molecule has 0 aliphatic rings. The molecule has 0 aliphatic heterocycles. The van der Waals surface area contributed by atoms with E-state index >= 15 is 0 Å². The Morgan fingerprint density at radius 1 is 1.15 bits per heavy atom. The van der Waals surface area contributed by atoms with Crippen molar-refractivity contribution in [1.29, 1.82) is 0 Å². The highest BCUT2D eigenvalue weighted by Gasteiger charge is 2.09. The molecule has 3 aromatic heterocycles. The summed E-state index contributed by atoms with van der Waals surface area (Å²) < 4.78 is 6.92. The zero-order valence-corrected chi connectivity index (χ0v) is 15.3. The molecular weight excluding hydrogens is 348 g/mol. The molecule has 1 N–H and O–H groups in total. The SMILES string of the molecule is CCc1nc(NCc2cn(-c3ccc(OC)cc3)nn2)c2ccsc2n1. The summed E-state index contributed by atoms with van der Waals surface area (Å²) >= 11 is 1.62. The molecule has 0 amide bonds. The summed E-state index contributed by atoms with van der Waals surface area (Å²) in [5.74, 6) is 2.49. The molecule has 0 atom stereocenters. The van der Waals surface area contributed by atoms with Crippen molar-refractivity contribution in [2.24, 2.45) is 0 Å². The van der Waals surface area contributed by atoms with Gasteiger partial charge in [0.05, 0.1) is 30.9 Å². The molecule has 4 aromatic rings. The fraction of sp³-hybridized carbons (Fsp3) is 0.222. The van der Waals surface area contributed by atoms with E-state index in [1.165, 1.54) is 0 Å². The monoisotopic (exact) mass is 366 g/mol. The van der Waals surface area contributed by atoms with Gasteiger partial charge >= 0.3 is 0 Å². The van der Waals surface area contributed by atoms with Gasteiger partial charge in [-0.15, -0.1) is 16.4 Å². The summed E-state index contributed by atoms with van der Waals surface area (Å²) in [5, 5.41) is 14.9. The Labute approximate surface area is 154 Å². The summed E-state index contributed by atoms with van der Waals surface area (Å²) in [4.78, 5) is 10.2. The van der Waals surface area contributed by atoms with Crippen molar-refractivity contribution in [2.45, 2.75) is 19.9 Å². The highest BCUT2D eigenvalue weighted by Crippen LogP contribution is 2.25. The van der Waals surface area contributed by atoms with E-state index in [4.69, 9.17) is 4.74 Å². The molecule has 132 valence electrons. The molecule has 8 heteroatoms. The lowest BCUT2D eigenvalue weighted by Crippen LogP contribution is -2.05. The number of nitrogens with zero attached hydrogens (tertiary/aromatic N) is 5. The van der Waals surface area contributed by atoms with Gasteiger partial charge in [-0.1, -0.05) is 12.1 Å². The number of aryl methyl sites for hydroxylation is 1. The van der Waals surface area contributed by atoms with E-state index < -0.39 is 0 Å². The van der Waals surface area contributed by atoms with E-state index in [0.717, 1.165) is 45.4 Å². The zero-order valence-electron chi connectivity index (χ0n) is 14.5. The highest BCUT2D eigenvalue weighted by atomic mass is 32.1. The number of ether oxygens (including phenoxy) is 1. The van der Waals surface area contributed by atoms with Crippen LogP contribution in [0.5, 0.6) is 5.75 Å². The summed E-state index contributed by atoms with van der Waals surface area (Å²) in [6, 6.07) is 9.72. The minimum Gasteiger partial charge on any atom is -0.497 e. The normalized spacial score (nSPS) is 11.0. The number of hydrogen-bond acceptors (Lipinski definition) is 7. The molecule has 0 aliphatic carbocycles. The van der Waals surface area contributed by atoms with Crippen molar-refractivity contribution in [3.63, 3.8) is 0 Å². The highest BCUT2D eigenvalue weighted by molar-refractivity contribution is 7.16. The Morgan fingerprint density at radius 2 is 2.00 bits per heavy atom. The predicted octanol–water partition coefficient (Wildman–Crippen LogP) is 3.46. The van der Waals surface area contributed by atoms with E-state index in [-0.39, 0.29) is 0 Å². The molecule has 4 rings (SSSR count). The van der Waals surface area contributed by atoms with Crippen LogP contribution in [0.3, 0.4) is 0 Å². The van der Waals surface area contributed by atoms with Crippen LogP contribution in [0, 0.1) is 0 Å². The number of hydrogen-bond donors (Lipinski definition) is 1. The van der Waals surface area contributed by atoms with Crippen molar-refractivity contribution in [3.05, 3.63) is 53.4 Å². The molecule has 3 heterocycles. The third kappa shape index (κ3) is 3.23. The van der Waals surface area contributed by atoms with E-state index in [1.54, 1.807) is 23.1 Å². The van der Waals surface area contributed by atoms with Gasteiger partial charge in [0.15, 0.2) is 0 Å². The standard InChI is InChI=1S/C18H18N6OS/c1-3-16-20-17(15-8-9-26-18(15)21-16)19-10-12-11-24(23-22-12)13-4-6-14(25-2)7-5-13/h4-9,11H,3,10H2,1-2H3,(H,19,20,21). The first-order valence-electron chi connectivity index (χ1n) is 8.30. The van der Waals surface area contributed by atoms with Gasteiger partial charge in [-0.05, 0) is 35.7 Å². The molecular formula is C18H18N6OS. The second-order valence-electron chi connectivity index (χ2n) is 5.69. The van der Waals surface area contributed by atoms with E-state index in [1.807, 2.05) is 41.9 Å². The number of benzene rings is 1. The average molecular weight is 366 g/mol. The maximum atomic E-state index is 5.18. The molecule has 26 heavy (non-hydrogen) atoms. The lowest BCUT2D eigenvalue weighted by atomic mass is 10.3. The van der Waals surface area contributed by atoms with Crippen LogP contribution < -0.4 is 10.1 Å². The first-order chi connectivity index (χ1) is 12.8. The number of thiophene rings is 1. The van der Waals surface area contributed by atoms with E-state index in [9.17, 15) is 0 Å². The minimum absolute atomic E-state index is 0.543. The second kappa shape index (κ2) is 7.09. The Morgan fingerprint density at radius 3 is 2.77 bits per heavy atom. The van der Waals surface area contributed by atoms with Gasteiger partial charge in [0.25, 0.3) is 0 Å². The molecule has 0 unspecified atom stereocenters. The molecule has 0 fully saturated rings. The lowest BCUT2D eigenvalue weighted by molar-refractivity contribution is 0.414. The molecule has 0 spiro atoms. The summed E-state index contributed by atoms with van der Waals surface area (Å²) in [6.07, 6.45) is 2.71. The molecule has 1 aromatic carbocycles. The second-order valence-corrected chi connectivity index (χ2v) is 6.58. The molecule has 0 bridgehead atoms. The van der Waals surface area contributed by atoms with Crippen molar-refractivity contribution in [2.75, 3.05) is 12.4 Å². The van der Waals surface area contributed by atoms with Crippen LogP contribution in [0.2, 0.25) is 0 Å². The number of rotatable bonds is 6. The molecule has 0 saturated carbocycles. The smallest absolute Gasteiger partial charge is 0.138 e. The topological polar surface area (TPSA) is 77.8 Å². The van der Waals surface area contributed by atoms with Crippen LogP contribution in [0.1, 0.15) is 18.4 Å². The number of aromatic nitrogens is 5. The van der Waals surface area contributed by atoms with Crippen molar-refractivity contribution < 1.29 is 4.74 Å². The molecule has 0 saturated heterocycles. The Bertz CT molecular complexity index is 1020. The fourth-order valence-electron chi connectivity index (χ4n) is 2.61. The van der Waals surface area contributed by atoms with Crippen LogP contribution in [-0.4, -0.2) is 32.1 Å². The Balaban J connectivity index is 1.52. The van der Waals surface area contributed by atoms with Gasteiger partial charge in [0.2, 0.25) is 0 Å². The third-order valence-electron chi connectivity index (χ3n) is 4.00. The van der Waals surface area contributed by atoms with Crippen LogP contribution in [0.25, 0.3) is 15.9 Å². The van der Waals surface area contributed by atoms with E-state index in [0.29, 0.717) is 6.54 Å². The number of anilines is 1. The molecule has 7 nitrogen and oxygen atoms in total. The zero-order chi connectivity index (χ0) is 17.9. The maximum Gasteiger partial charge on any atom is 0.138 e.